The Hall–Kier alpha value is -1.22. The summed E-state index contributed by atoms with van der Waals surface area (Å²) in [6.45, 7) is 1.58. The molecule has 0 bridgehead atoms. The molecule has 112 valence electrons. The van der Waals surface area contributed by atoms with Gasteiger partial charge < -0.3 is 15.1 Å². The SMILES string of the molecule is CN(C)CCCNC(=O)C1=CN(C)C(=CN=O)C=C1.I. The van der Waals surface area contributed by atoms with Crippen LogP contribution in [-0.2, 0) is 4.79 Å². The third-order valence-electron chi connectivity index (χ3n) is 2.69. The summed E-state index contributed by atoms with van der Waals surface area (Å²) in [4.78, 5) is 25.8. The summed E-state index contributed by atoms with van der Waals surface area (Å²) in [5.74, 6) is -0.111. The van der Waals surface area contributed by atoms with Crippen LogP contribution in [-0.4, -0.2) is 49.9 Å². The topological polar surface area (TPSA) is 65.0 Å². The summed E-state index contributed by atoms with van der Waals surface area (Å²) in [5.41, 5.74) is 1.22. The Morgan fingerprint density at radius 3 is 2.70 bits per heavy atom. The average Bonchev–Trinajstić information content (AvgIpc) is 2.36. The van der Waals surface area contributed by atoms with Crippen LogP contribution in [0.1, 0.15) is 6.42 Å². The number of nitrogens with one attached hydrogen (secondary N) is 1. The van der Waals surface area contributed by atoms with Gasteiger partial charge in [0.05, 0.1) is 17.5 Å². The molecule has 0 unspecified atom stereocenters. The molecule has 1 amide bonds. The second kappa shape index (κ2) is 9.65. The van der Waals surface area contributed by atoms with Gasteiger partial charge in [-0.3, -0.25) is 4.79 Å². The monoisotopic (exact) mass is 392 g/mol. The normalized spacial score (nSPS) is 15.9. The molecule has 0 saturated heterocycles. The zero-order valence-electron chi connectivity index (χ0n) is 12.0. The first-order valence-electron chi connectivity index (χ1n) is 6.13. The highest BCUT2D eigenvalue weighted by Crippen LogP contribution is 2.15. The fourth-order valence-corrected chi connectivity index (χ4v) is 1.64. The molecule has 0 saturated carbocycles. The van der Waals surface area contributed by atoms with Crippen molar-refractivity contribution < 1.29 is 4.79 Å². The van der Waals surface area contributed by atoms with E-state index in [2.05, 4.69) is 15.4 Å². The van der Waals surface area contributed by atoms with Gasteiger partial charge in [-0.05, 0) is 44.4 Å². The van der Waals surface area contributed by atoms with E-state index in [0.29, 0.717) is 17.8 Å². The van der Waals surface area contributed by atoms with E-state index in [1.54, 1.807) is 30.3 Å². The van der Waals surface area contributed by atoms with E-state index in [-0.39, 0.29) is 29.9 Å². The Labute approximate surface area is 136 Å². The predicted molar refractivity (Wildman–Crippen MR) is 90.5 cm³/mol. The Bertz CT molecular complexity index is 430. The Morgan fingerprint density at radius 1 is 1.45 bits per heavy atom. The molecule has 0 fully saturated rings. The molecule has 0 aromatic carbocycles. The van der Waals surface area contributed by atoms with Gasteiger partial charge in [-0.25, -0.2) is 0 Å². The van der Waals surface area contributed by atoms with Gasteiger partial charge in [0.1, 0.15) is 0 Å². The fraction of sp³-hybridized carbons (Fsp3) is 0.462. The molecular formula is C13H21IN4O2. The lowest BCUT2D eigenvalue weighted by molar-refractivity contribution is -0.117. The van der Waals surface area contributed by atoms with Crippen LogP contribution in [0.4, 0.5) is 0 Å². The highest BCUT2D eigenvalue weighted by atomic mass is 127. The molecule has 0 spiro atoms. The molecular weight excluding hydrogens is 371 g/mol. The van der Waals surface area contributed by atoms with Crippen molar-refractivity contribution in [3.05, 3.63) is 40.7 Å². The van der Waals surface area contributed by atoms with Crippen LogP contribution in [0.15, 0.2) is 41.0 Å². The Morgan fingerprint density at radius 2 is 2.15 bits per heavy atom. The largest absolute Gasteiger partial charge is 0.352 e. The predicted octanol–water partition coefficient (Wildman–Crippen LogP) is 1.67. The van der Waals surface area contributed by atoms with Crippen LogP contribution in [0, 0.1) is 4.91 Å². The number of hydrogen-bond donors (Lipinski definition) is 1. The summed E-state index contributed by atoms with van der Waals surface area (Å²) in [6.07, 6.45) is 7.16. The maximum absolute atomic E-state index is 11.9. The van der Waals surface area contributed by atoms with Crippen molar-refractivity contribution in [2.75, 3.05) is 34.2 Å². The number of nitroso groups, excluding NO2 is 1. The van der Waals surface area contributed by atoms with Crippen molar-refractivity contribution >= 4 is 29.9 Å². The Kier molecular flexibility index (Phi) is 9.06. The summed E-state index contributed by atoms with van der Waals surface area (Å²) in [6, 6.07) is 0. The molecule has 20 heavy (non-hydrogen) atoms. The fourth-order valence-electron chi connectivity index (χ4n) is 1.64. The molecule has 1 N–H and O–H groups in total. The van der Waals surface area contributed by atoms with Crippen LogP contribution in [0.25, 0.3) is 0 Å². The lowest BCUT2D eigenvalue weighted by Gasteiger charge is -2.20. The number of carbonyl (C=O) groups excluding carboxylic acids is 1. The van der Waals surface area contributed by atoms with Crippen molar-refractivity contribution in [3.63, 3.8) is 0 Å². The minimum absolute atomic E-state index is 0. The maximum Gasteiger partial charge on any atom is 0.252 e. The van der Waals surface area contributed by atoms with E-state index < -0.39 is 0 Å². The number of amides is 1. The minimum Gasteiger partial charge on any atom is -0.352 e. The summed E-state index contributed by atoms with van der Waals surface area (Å²) in [7, 11) is 5.76. The molecule has 1 rings (SSSR count). The molecule has 6 nitrogen and oxygen atoms in total. The molecule has 0 radical (unpaired) electrons. The van der Waals surface area contributed by atoms with Crippen molar-refractivity contribution in [1.29, 1.82) is 0 Å². The number of likely N-dealkylation sites (N-methyl/N-ethyl adjacent to an activating group) is 1. The van der Waals surface area contributed by atoms with E-state index in [9.17, 15) is 9.70 Å². The van der Waals surface area contributed by atoms with Gasteiger partial charge in [0.25, 0.3) is 5.91 Å². The number of rotatable bonds is 6. The van der Waals surface area contributed by atoms with Gasteiger partial charge in [-0.15, -0.1) is 28.9 Å². The molecule has 1 aliphatic rings. The number of allylic oxidation sites excluding steroid dienone is 1. The summed E-state index contributed by atoms with van der Waals surface area (Å²) in [5, 5.41) is 5.58. The second-order valence-electron chi connectivity index (χ2n) is 4.60. The van der Waals surface area contributed by atoms with E-state index in [4.69, 9.17) is 0 Å². The molecule has 0 aromatic rings. The van der Waals surface area contributed by atoms with Gasteiger partial charge in [0, 0.05) is 19.8 Å². The quantitative estimate of drug-likeness (QED) is 0.424. The lowest BCUT2D eigenvalue weighted by Crippen LogP contribution is -2.29. The molecule has 0 aliphatic carbocycles. The molecule has 1 aliphatic heterocycles. The van der Waals surface area contributed by atoms with Crippen LogP contribution in [0.2, 0.25) is 0 Å². The van der Waals surface area contributed by atoms with Crippen molar-refractivity contribution in [2.45, 2.75) is 6.42 Å². The maximum atomic E-state index is 11.9. The van der Waals surface area contributed by atoms with Gasteiger partial charge in [0.2, 0.25) is 0 Å². The van der Waals surface area contributed by atoms with Crippen LogP contribution in [0.5, 0.6) is 0 Å². The highest BCUT2D eigenvalue weighted by Gasteiger charge is 2.12. The first-order valence-corrected chi connectivity index (χ1v) is 6.13. The van der Waals surface area contributed by atoms with Crippen LogP contribution >= 0.6 is 24.0 Å². The van der Waals surface area contributed by atoms with Crippen molar-refractivity contribution in [1.82, 2.24) is 15.1 Å². The Balaban J connectivity index is 0.00000361. The van der Waals surface area contributed by atoms with E-state index >= 15 is 0 Å². The first-order chi connectivity index (χ1) is 9.04. The lowest BCUT2D eigenvalue weighted by atomic mass is 10.1. The number of halogens is 1. The molecule has 1 heterocycles. The van der Waals surface area contributed by atoms with E-state index in [1.165, 1.54) is 6.20 Å². The molecule has 0 aromatic heterocycles. The van der Waals surface area contributed by atoms with Gasteiger partial charge in [0.15, 0.2) is 0 Å². The third kappa shape index (κ3) is 6.29. The zero-order chi connectivity index (χ0) is 14.3. The molecule has 0 atom stereocenters. The number of carbonyl (C=O) groups is 1. The third-order valence-corrected chi connectivity index (χ3v) is 2.69. The van der Waals surface area contributed by atoms with Gasteiger partial charge >= 0.3 is 0 Å². The van der Waals surface area contributed by atoms with Gasteiger partial charge in [-0.1, -0.05) is 0 Å². The van der Waals surface area contributed by atoms with Crippen molar-refractivity contribution in [3.8, 4) is 0 Å². The standard InChI is InChI=1S/C13H20N4O2.HI/c1-16(2)8-4-7-14-13(18)11-5-6-12(9-15-19)17(3)10-11;/h5-6,9-10H,4,7-8H2,1-3H3,(H,14,18);1H. The summed E-state index contributed by atoms with van der Waals surface area (Å²) >= 11 is 0. The highest BCUT2D eigenvalue weighted by molar-refractivity contribution is 14.0. The van der Waals surface area contributed by atoms with Crippen LogP contribution in [0.3, 0.4) is 0 Å². The molecule has 7 heteroatoms. The van der Waals surface area contributed by atoms with Gasteiger partial charge in [-0.2, -0.15) is 0 Å². The first kappa shape index (κ1) is 18.8. The van der Waals surface area contributed by atoms with E-state index in [1.807, 2.05) is 14.1 Å². The van der Waals surface area contributed by atoms with E-state index in [0.717, 1.165) is 13.0 Å². The smallest absolute Gasteiger partial charge is 0.252 e. The minimum atomic E-state index is -0.111. The zero-order valence-corrected chi connectivity index (χ0v) is 14.3. The second-order valence-corrected chi connectivity index (χ2v) is 4.60. The average molecular weight is 392 g/mol. The number of nitrogens with zero attached hydrogens (tertiary/aromatic N) is 3. The van der Waals surface area contributed by atoms with Crippen LogP contribution < -0.4 is 5.32 Å². The number of hydrogen-bond acceptors (Lipinski definition) is 5. The summed E-state index contributed by atoms with van der Waals surface area (Å²) < 4.78 is 0. The van der Waals surface area contributed by atoms with Crippen molar-refractivity contribution in [2.24, 2.45) is 5.18 Å².